The monoisotopic (exact) mass is 286 g/mol. The van der Waals surface area contributed by atoms with Crippen molar-refractivity contribution in [3.05, 3.63) is 11.1 Å². The van der Waals surface area contributed by atoms with Crippen molar-refractivity contribution in [1.82, 2.24) is 4.98 Å². The maximum atomic E-state index is 11.5. The van der Waals surface area contributed by atoms with Crippen LogP contribution in [0.2, 0.25) is 0 Å². The van der Waals surface area contributed by atoms with Crippen molar-refractivity contribution < 1.29 is 4.79 Å². The van der Waals surface area contributed by atoms with E-state index in [-0.39, 0.29) is 11.7 Å². The average Bonchev–Trinajstić information content (AvgIpc) is 2.87. The van der Waals surface area contributed by atoms with Gasteiger partial charge in [0.15, 0.2) is 10.9 Å². The van der Waals surface area contributed by atoms with E-state index in [0.717, 1.165) is 11.0 Å². The molecule has 0 atom stereocenters. The molecular formula is C13H19ClN2OS. The molecule has 1 heterocycles. The number of thiazole rings is 1. The Labute approximate surface area is 117 Å². The molecule has 1 aliphatic carbocycles. The highest BCUT2D eigenvalue weighted by Crippen LogP contribution is 2.30. The molecule has 0 amide bonds. The largest absolute Gasteiger partial charge is 0.348 e. The molecule has 1 fully saturated rings. The summed E-state index contributed by atoms with van der Waals surface area (Å²) in [5.41, 5.74) is 0.501. The first-order chi connectivity index (χ1) is 8.61. The van der Waals surface area contributed by atoms with Crippen molar-refractivity contribution in [3.8, 4) is 0 Å². The van der Waals surface area contributed by atoms with Crippen LogP contribution in [-0.2, 0) is 0 Å². The van der Waals surface area contributed by atoms with Crippen LogP contribution in [0, 0.1) is 5.92 Å². The molecule has 5 heteroatoms. The van der Waals surface area contributed by atoms with E-state index in [1.807, 2.05) is 5.38 Å². The molecule has 1 aromatic rings. The molecule has 100 valence electrons. The quantitative estimate of drug-likeness (QED) is 0.626. The number of rotatable bonds is 4. The van der Waals surface area contributed by atoms with Crippen molar-refractivity contribution in [3.63, 3.8) is 0 Å². The minimum absolute atomic E-state index is 0.00777. The smallest absolute Gasteiger partial charge is 0.196 e. The topological polar surface area (TPSA) is 33.2 Å². The molecule has 2 rings (SSSR count). The van der Waals surface area contributed by atoms with Crippen molar-refractivity contribution in [2.24, 2.45) is 5.92 Å². The van der Waals surface area contributed by atoms with Gasteiger partial charge in [0.25, 0.3) is 0 Å². The second kappa shape index (κ2) is 6.02. The van der Waals surface area contributed by atoms with Gasteiger partial charge in [0.05, 0.1) is 5.88 Å². The van der Waals surface area contributed by atoms with Gasteiger partial charge in [0.2, 0.25) is 0 Å². The maximum Gasteiger partial charge on any atom is 0.196 e. The van der Waals surface area contributed by atoms with E-state index in [1.54, 1.807) is 0 Å². The Kier molecular flexibility index (Phi) is 4.62. The van der Waals surface area contributed by atoms with Crippen LogP contribution in [0.5, 0.6) is 0 Å². The predicted molar refractivity (Wildman–Crippen MR) is 77.0 cm³/mol. The summed E-state index contributed by atoms with van der Waals surface area (Å²) in [7, 11) is 2.08. The van der Waals surface area contributed by atoms with Gasteiger partial charge in [-0.05, 0) is 31.6 Å². The third-order valence-corrected chi connectivity index (χ3v) is 4.91. The SMILES string of the molecule is CC1CCC(N(C)c2nc(C(=O)CCl)cs2)CC1. The van der Waals surface area contributed by atoms with Gasteiger partial charge >= 0.3 is 0 Å². The normalized spacial score (nSPS) is 23.9. The fourth-order valence-electron chi connectivity index (χ4n) is 2.41. The maximum absolute atomic E-state index is 11.5. The molecular weight excluding hydrogens is 268 g/mol. The van der Waals surface area contributed by atoms with Crippen LogP contribution >= 0.6 is 22.9 Å². The fourth-order valence-corrected chi connectivity index (χ4v) is 3.41. The number of halogens is 1. The summed E-state index contributed by atoms with van der Waals surface area (Å²) in [4.78, 5) is 18.1. The Bertz CT molecular complexity index is 413. The van der Waals surface area contributed by atoms with Crippen LogP contribution < -0.4 is 4.90 Å². The highest BCUT2D eigenvalue weighted by Gasteiger charge is 2.23. The number of hydrogen-bond acceptors (Lipinski definition) is 4. The van der Waals surface area contributed by atoms with Crippen molar-refractivity contribution >= 4 is 33.9 Å². The molecule has 18 heavy (non-hydrogen) atoms. The molecule has 0 bridgehead atoms. The first kappa shape index (κ1) is 13.8. The van der Waals surface area contributed by atoms with Crippen LogP contribution in [0.1, 0.15) is 43.1 Å². The summed E-state index contributed by atoms with van der Waals surface area (Å²) in [6.45, 7) is 2.32. The van der Waals surface area contributed by atoms with E-state index >= 15 is 0 Å². The molecule has 0 spiro atoms. The minimum atomic E-state index is -0.0927. The molecule has 1 saturated carbocycles. The Balaban J connectivity index is 2.02. The fraction of sp³-hybridized carbons (Fsp3) is 0.692. The Morgan fingerprint density at radius 1 is 1.50 bits per heavy atom. The lowest BCUT2D eigenvalue weighted by molar-refractivity contribution is 0.101. The molecule has 3 nitrogen and oxygen atoms in total. The number of alkyl halides is 1. The number of nitrogens with zero attached hydrogens (tertiary/aromatic N) is 2. The summed E-state index contributed by atoms with van der Waals surface area (Å²) in [5, 5.41) is 2.74. The molecule has 0 saturated heterocycles. The summed E-state index contributed by atoms with van der Waals surface area (Å²) >= 11 is 7.07. The predicted octanol–water partition coefficient (Wildman–Crippen LogP) is 3.58. The van der Waals surface area contributed by atoms with E-state index in [2.05, 4.69) is 23.9 Å². The second-order valence-electron chi connectivity index (χ2n) is 5.10. The van der Waals surface area contributed by atoms with Crippen LogP contribution in [0.3, 0.4) is 0 Å². The number of ketones is 1. The number of aromatic nitrogens is 1. The first-order valence-corrected chi connectivity index (χ1v) is 7.80. The lowest BCUT2D eigenvalue weighted by atomic mass is 9.87. The summed E-state index contributed by atoms with van der Waals surface area (Å²) in [5.74, 6) is 0.762. The molecule has 0 unspecified atom stereocenters. The zero-order valence-corrected chi connectivity index (χ0v) is 12.4. The molecule has 1 aromatic heterocycles. The number of hydrogen-bond donors (Lipinski definition) is 0. The van der Waals surface area contributed by atoms with Crippen LogP contribution in [-0.4, -0.2) is 29.7 Å². The highest BCUT2D eigenvalue weighted by atomic mass is 35.5. The molecule has 0 N–H and O–H groups in total. The van der Waals surface area contributed by atoms with Crippen LogP contribution in [0.15, 0.2) is 5.38 Å². The van der Waals surface area contributed by atoms with Crippen LogP contribution in [0.25, 0.3) is 0 Å². The number of Topliss-reactive ketones (excluding diaryl/α,β-unsaturated/α-hetero) is 1. The minimum Gasteiger partial charge on any atom is -0.348 e. The molecule has 0 radical (unpaired) electrons. The number of carbonyl (C=O) groups excluding carboxylic acids is 1. The highest BCUT2D eigenvalue weighted by molar-refractivity contribution is 7.14. The van der Waals surface area contributed by atoms with E-state index in [9.17, 15) is 4.79 Å². The Morgan fingerprint density at radius 2 is 2.17 bits per heavy atom. The standard InChI is InChI=1S/C13H19ClN2OS/c1-9-3-5-10(6-4-9)16(2)13-15-11(8-18-13)12(17)7-14/h8-10H,3-7H2,1-2H3. The van der Waals surface area contributed by atoms with Crippen molar-refractivity contribution in [2.45, 2.75) is 38.6 Å². The van der Waals surface area contributed by atoms with E-state index in [1.165, 1.54) is 37.0 Å². The van der Waals surface area contributed by atoms with Gasteiger partial charge < -0.3 is 4.90 Å². The second-order valence-corrected chi connectivity index (χ2v) is 6.20. The summed E-state index contributed by atoms with van der Waals surface area (Å²) in [6.07, 6.45) is 5.01. The molecule has 0 aromatic carbocycles. The summed E-state index contributed by atoms with van der Waals surface area (Å²) < 4.78 is 0. The van der Waals surface area contributed by atoms with E-state index in [4.69, 9.17) is 11.6 Å². The van der Waals surface area contributed by atoms with Gasteiger partial charge in [0, 0.05) is 18.5 Å². The zero-order valence-electron chi connectivity index (χ0n) is 10.9. The Morgan fingerprint density at radius 3 is 2.78 bits per heavy atom. The van der Waals surface area contributed by atoms with Crippen molar-refractivity contribution in [2.75, 3.05) is 17.8 Å². The van der Waals surface area contributed by atoms with Crippen molar-refractivity contribution in [1.29, 1.82) is 0 Å². The van der Waals surface area contributed by atoms with Gasteiger partial charge in [-0.2, -0.15) is 0 Å². The van der Waals surface area contributed by atoms with E-state index < -0.39 is 0 Å². The Hall–Kier alpha value is -0.610. The third kappa shape index (κ3) is 3.04. The number of anilines is 1. The van der Waals surface area contributed by atoms with Gasteiger partial charge in [0.1, 0.15) is 5.69 Å². The lowest BCUT2D eigenvalue weighted by Crippen LogP contribution is -2.34. The molecule has 1 aliphatic rings. The zero-order chi connectivity index (χ0) is 13.1. The average molecular weight is 287 g/mol. The number of carbonyl (C=O) groups is 1. The summed E-state index contributed by atoms with van der Waals surface area (Å²) in [6, 6.07) is 0.561. The van der Waals surface area contributed by atoms with Gasteiger partial charge in [-0.1, -0.05) is 6.92 Å². The van der Waals surface area contributed by atoms with Gasteiger partial charge in [-0.25, -0.2) is 4.98 Å². The third-order valence-electron chi connectivity index (χ3n) is 3.73. The first-order valence-electron chi connectivity index (χ1n) is 6.39. The van der Waals surface area contributed by atoms with Gasteiger partial charge in [-0.15, -0.1) is 22.9 Å². The van der Waals surface area contributed by atoms with Crippen LogP contribution in [0.4, 0.5) is 5.13 Å². The van der Waals surface area contributed by atoms with E-state index in [0.29, 0.717) is 11.7 Å². The van der Waals surface area contributed by atoms with Gasteiger partial charge in [-0.3, -0.25) is 4.79 Å². The lowest BCUT2D eigenvalue weighted by Gasteiger charge is -2.33. The molecule has 0 aliphatic heterocycles.